The molecule has 1 aliphatic heterocycles. The van der Waals surface area contributed by atoms with Gasteiger partial charge in [-0.25, -0.2) is 0 Å². The summed E-state index contributed by atoms with van der Waals surface area (Å²) in [5.41, 5.74) is 2.16. The molecule has 1 aliphatic rings. The number of carbonyl (C=O) groups excluding carboxylic acids is 3. The van der Waals surface area contributed by atoms with Crippen LogP contribution < -0.4 is 10.2 Å². The van der Waals surface area contributed by atoms with Gasteiger partial charge in [0.15, 0.2) is 0 Å². The summed E-state index contributed by atoms with van der Waals surface area (Å²) >= 11 is 12.9. The lowest BCUT2D eigenvalue weighted by atomic mass is 10.1. The summed E-state index contributed by atoms with van der Waals surface area (Å²) in [6.07, 6.45) is 1.85. The molecule has 2 atom stereocenters. The van der Waals surface area contributed by atoms with Gasteiger partial charge in [0, 0.05) is 52.1 Å². The van der Waals surface area contributed by atoms with E-state index in [1.54, 1.807) is 28.0 Å². The molecule has 0 bridgehead atoms. The van der Waals surface area contributed by atoms with Gasteiger partial charge in [0.1, 0.15) is 6.04 Å². The van der Waals surface area contributed by atoms with Crippen molar-refractivity contribution >= 4 is 57.4 Å². The van der Waals surface area contributed by atoms with Crippen LogP contribution in [0, 0.1) is 0 Å². The highest BCUT2D eigenvalue weighted by Crippen LogP contribution is 2.37. The van der Waals surface area contributed by atoms with Crippen LogP contribution in [0.5, 0.6) is 0 Å². The van der Waals surface area contributed by atoms with Crippen LogP contribution in [0.15, 0.2) is 54.6 Å². The normalized spacial score (nSPS) is 14.0. The summed E-state index contributed by atoms with van der Waals surface area (Å²) in [6, 6.07) is 16.1. The van der Waals surface area contributed by atoms with Gasteiger partial charge in [0.25, 0.3) is 5.91 Å². The lowest BCUT2D eigenvalue weighted by molar-refractivity contribution is -0.141. The molecule has 0 saturated heterocycles. The lowest BCUT2D eigenvalue weighted by Crippen LogP contribution is -2.50. The maximum absolute atomic E-state index is 13.7. The van der Waals surface area contributed by atoms with Crippen LogP contribution in [0.2, 0.25) is 10.0 Å². The number of carbonyl (C=O) groups is 3. The molecule has 8 heteroatoms. The molecule has 3 aromatic rings. The summed E-state index contributed by atoms with van der Waals surface area (Å²) in [5.74, 6) is -0.437. The average molecular weight is 555 g/mol. The van der Waals surface area contributed by atoms with Crippen molar-refractivity contribution < 1.29 is 14.4 Å². The van der Waals surface area contributed by atoms with Crippen molar-refractivity contribution in [3.05, 3.63) is 75.8 Å². The number of hydrogen-bond acceptors (Lipinski definition) is 3. The largest absolute Gasteiger partial charge is 0.352 e. The van der Waals surface area contributed by atoms with E-state index in [-0.39, 0.29) is 36.7 Å². The number of anilines is 1. The Balaban J connectivity index is 1.52. The van der Waals surface area contributed by atoms with Crippen LogP contribution in [0.25, 0.3) is 10.8 Å². The molecular formula is C30H33Cl2N3O3. The molecule has 0 spiro atoms. The van der Waals surface area contributed by atoms with Crippen LogP contribution in [0.4, 0.5) is 5.69 Å². The van der Waals surface area contributed by atoms with Gasteiger partial charge in [-0.05, 0) is 55.8 Å². The first-order valence-corrected chi connectivity index (χ1v) is 13.9. The zero-order valence-electron chi connectivity index (χ0n) is 22.0. The van der Waals surface area contributed by atoms with Gasteiger partial charge < -0.3 is 15.1 Å². The molecule has 3 aromatic carbocycles. The van der Waals surface area contributed by atoms with Crippen LogP contribution in [-0.4, -0.2) is 41.2 Å². The maximum atomic E-state index is 13.7. The van der Waals surface area contributed by atoms with Crippen molar-refractivity contribution in [2.24, 2.45) is 0 Å². The van der Waals surface area contributed by atoms with Gasteiger partial charge in [-0.15, -0.1) is 0 Å². The number of amides is 3. The van der Waals surface area contributed by atoms with E-state index in [1.807, 2.05) is 57.2 Å². The van der Waals surface area contributed by atoms with Crippen molar-refractivity contribution in [1.29, 1.82) is 0 Å². The summed E-state index contributed by atoms with van der Waals surface area (Å²) < 4.78 is 0. The Kier molecular flexibility index (Phi) is 8.95. The number of nitrogens with zero attached hydrogens (tertiary/aromatic N) is 2. The van der Waals surface area contributed by atoms with Crippen LogP contribution in [0.3, 0.4) is 0 Å². The molecule has 3 amide bonds. The lowest BCUT2D eigenvalue weighted by Gasteiger charge is -2.32. The SMILES string of the molecule is CC[C@@H](C)NC(=O)[C@H](CC)N(Cc1c(Cl)cccc1Cl)C(=O)CCCN1C(=O)c2cccc3cccc1c23. The van der Waals surface area contributed by atoms with Crippen LogP contribution in [-0.2, 0) is 16.1 Å². The summed E-state index contributed by atoms with van der Waals surface area (Å²) in [5, 5.41) is 5.87. The Labute approximate surface area is 233 Å². The van der Waals surface area contributed by atoms with Gasteiger partial charge in [0.05, 0.1) is 5.69 Å². The van der Waals surface area contributed by atoms with E-state index in [4.69, 9.17) is 23.2 Å². The molecule has 0 radical (unpaired) electrons. The van der Waals surface area contributed by atoms with E-state index in [0.29, 0.717) is 40.6 Å². The quantitative estimate of drug-likeness (QED) is 0.290. The standard InChI is InChI=1S/C30H33Cl2N3O3/c1-4-19(3)33-29(37)25(5-2)35(18-22-23(31)13-8-14-24(22)32)27(36)16-9-17-34-26-15-7-11-20-10-6-12-21(28(20)26)30(34)38/h6-8,10-15,19,25H,4-5,9,16-18H2,1-3H3,(H,33,37)/t19-,25+/m1/s1. The van der Waals surface area contributed by atoms with E-state index in [0.717, 1.165) is 22.9 Å². The molecular weight excluding hydrogens is 521 g/mol. The number of benzene rings is 3. The fourth-order valence-corrected chi connectivity index (χ4v) is 5.46. The molecule has 0 aliphatic carbocycles. The zero-order valence-corrected chi connectivity index (χ0v) is 23.5. The molecule has 0 fully saturated rings. The van der Waals surface area contributed by atoms with Crippen molar-refractivity contribution in [1.82, 2.24) is 10.2 Å². The summed E-state index contributed by atoms with van der Waals surface area (Å²) in [4.78, 5) is 43.3. The van der Waals surface area contributed by atoms with E-state index < -0.39 is 6.04 Å². The third kappa shape index (κ3) is 5.67. The molecule has 200 valence electrons. The fraction of sp³-hybridized carbons (Fsp3) is 0.367. The highest BCUT2D eigenvalue weighted by molar-refractivity contribution is 6.36. The second-order valence-electron chi connectivity index (χ2n) is 9.70. The second kappa shape index (κ2) is 12.2. The first-order valence-electron chi connectivity index (χ1n) is 13.1. The number of halogens is 2. The van der Waals surface area contributed by atoms with E-state index in [2.05, 4.69) is 5.32 Å². The topological polar surface area (TPSA) is 69.7 Å². The maximum Gasteiger partial charge on any atom is 0.258 e. The Morgan fingerprint density at radius 3 is 2.29 bits per heavy atom. The monoisotopic (exact) mass is 553 g/mol. The average Bonchev–Trinajstić information content (AvgIpc) is 3.18. The zero-order chi connectivity index (χ0) is 27.4. The third-order valence-electron chi connectivity index (χ3n) is 7.20. The van der Waals surface area contributed by atoms with E-state index in [9.17, 15) is 14.4 Å². The molecule has 38 heavy (non-hydrogen) atoms. The fourth-order valence-electron chi connectivity index (χ4n) is 4.95. The first kappa shape index (κ1) is 27.9. The summed E-state index contributed by atoms with van der Waals surface area (Å²) in [6.45, 7) is 6.34. The minimum Gasteiger partial charge on any atom is -0.352 e. The van der Waals surface area contributed by atoms with Crippen LogP contribution >= 0.6 is 23.2 Å². The predicted molar refractivity (Wildman–Crippen MR) is 154 cm³/mol. The minimum atomic E-state index is -0.671. The predicted octanol–water partition coefficient (Wildman–Crippen LogP) is 6.61. The van der Waals surface area contributed by atoms with Gasteiger partial charge in [-0.2, -0.15) is 0 Å². The Morgan fingerprint density at radius 1 is 0.974 bits per heavy atom. The van der Waals surface area contributed by atoms with E-state index in [1.165, 1.54) is 0 Å². The molecule has 0 saturated carbocycles. The molecule has 0 aromatic heterocycles. The molecule has 6 nitrogen and oxygen atoms in total. The first-order chi connectivity index (χ1) is 18.3. The Hall–Kier alpha value is -3.09. The van der Waals surface area contributed by atoms with Gasteiger partial charge in [-0.1, -0.05) is 67.4 Å². The van der Waals surface area contributed by atoms with Crippen molar-refractivity contribution in [2.75, 3.05) is 11.4 Å². The Morgan fingerprint density at radius 2 is 1.63 bits per heavy atom. The molecule has 1 heterocycles. The van der Waals surface area contributed by atoms with Crippen molar-refractivity contribution in [3.8, 4) is 0 Å². The van der Waals surface area contributed by atoms with Crippen molar-refractivity contribution in [2.45, 2.75) is 65.1 Å². The smallest absolute Gasteiger partial charge is 0.258 e. The molecule has 4 rings (SSSR count). The molecule has 0 unspecified atom stereocenters. The number of hydrogen-bond donors (Lipinski definition) is 1. The van der Waals surface area contributed by atoms with Gasteiger partial charge >= 0.3 is 0 Å². The van der Waals surface area contributed by atoms with Crippen molar-refractivity contribution in [3.63, 3.8) is 0 Å². The highest BCUT2D eigenvalue weighted by Gasteiger charge is 2.32. The third-order valence-corrected chi connectivity index (χ3v) is 7.91. The highest BCUT2D eigenvalue weighted by atomic mass is 35.5. The van der Waals surface area contributed by atoms with Gasteiger partial charge in [-0.3, -0.25) is 14.4 Å². The Bertz CT molecular complexity index is 1330. The van der Waals surface area contributed by atoms with Crippen LogP contribution in [0.1, 0.15) is 62.4 Å². The number of nitrogens with one attached hydrogen (secondary N) is 1. The van der Waals surface area contributed by atoms with Gasteiger partial charge in [0.2, 0.25) is 11.8 Å². The molecule has 1 N–H and O–H groups in total. The second-order valence-corrected chi connectivity index (χ2v) is 10.5. The summed E-state index contributed by atoms with van der Waals surface area (Å²) in [7, 11) is 0. The van der Waals surface area contributed by atoms with E-state index >= 15 is 0 Å². The minimum absolute atomic E-state index is 0.0112. The number of rotatable bonds is 11.